The van der Waals surface area contributed by atoms with Gasteiger partial charge in [0.15, 0.2) is 0 Å². The van der Waals surface area contributed by atoms with Crippen LogP contribution in [0.5, 0.6) is 5.75 Å². The highest BCUT2D eigenvalue weighted by Gasteiger charge is 2.05. The van der Waals surface area contributed by atoms with Crippen molar-refractivity contribution in [1.82, 2.24) is 5.32 Å². The second kappa shape index (κ2) is 8.95. The third-order valence-corrected chi connectivity index (χ3v) is 3.01. The van der Waals surface area contributed by atoms with E-state index >= 15 is 0 Å². The Balaban J connectivity index is 2.38. The summed E-state index contributed by atoms with van der Waals surface area (Å²) in [6.45, 7) is 3.68. The zero-order chi connectivity index (χ0) is 13.2. The van der Waals surface area contributed by atoms with Gasteiger partial charge in [-0.2, -0.15) is 0 Å². The van der Waals surface area contributed by atoms with Crippen LogP contribution >= 0.6 is 0 Å². The van der Waals surface area contributed by atoms with Gasteiger partial charge in [0, 0.05) is 13.2 Å². The maximum Gasteiger partial charge on any atom is 0.119 e. The van der Waals surface area contributed by atoms with Crippen LogP contribution in [0.3, 0.4) is 0 Å². The molecule has 3 heteroatoms. The number of hydrogen-bond acceptors (Lipinski definition) is 3. The summed E-state index contributed by atoms with van der Waals surface area (Å²) in [5.74, 6) is 0.938. The fraction of sp³-hybridized carbons (Fsp3) is 0.600. The molecule has 18 heavy (non-hydrogen) atoms. The van der Waals surface area contributed by atoms with Gasteiger partial charge in [0.2, 0.25) is 0 Å². The van der Waals surface area contributed by atoms with Gasteiger partial charge in [-0.05, 0) is 37.6 Å². The lowest BCUT2D eigenvalue weighted by Gasteiger charge is -2.16. The molecule has 0 amide bonds. The van der Waals surface area contributed by atoms with Gasteiger partial charge in [-0.1, -0.05) is 25.5 Å². The molecule has 1 N–H and O–H groups in total. The first-order valence-corrected chi connectivity index (χ1v) is 6.68. The van der Waals surface area contributed by atoms with Crippen LogP contribution in [0.15, 0.2) is 24.3 Å². The van der Waals surface area contributed by atoms with Crippen molar-refractivity contribution in [3.05, 3.63) is 29.8 Å². The molecule has 102 valence electrons. The zero-order valence-corrected chi connectivity index (χ0v) is 11.7. The standard InChI is InChI=1S/C15H25NO2/c1-4-5-14(16-2)12-18-15-8-6-13(7-9-15)10-11-17-3/h6-9,14,16H,4-5,10-12H2,1-3H3. The Bertz CT molecular complexity index is 311. The fourth-order valence-electron chi connectivity index (χ4n) is 1.83. The van der Waals surface area contributed by atoms with Crippen molar-refractivity contribution in [3.8, 4) is 5.75 Å². The SMILES string of the molecule is CCCC(COc1ccc(CCOC)cc1)NC. The smallest absolute Gasteiger partial charge is 0.119 e. The van der Waals surface area contributed by atoms with Crippen molar-refractivity contribution in [2.24, 2.45) is 0 Å². The topological polar surface area (TPSA) is 30.5 Å². The lowest BCUT2D eigenvalue weighted by molar-refractivity contribution is 0.202. The Morgan fingerprint density at radius 2 is 1.94 bits per heavy atom. The summed E-state index contributed by atoms with van der Waals surface area (Å²) in [4.78, 5) is 0. The van der Waals surface area contributed by atoms with Crippen LogP contribution < -0.4 is 10.1 Å². The van der Waals surface area contributed by atoms with Crippen LogP contribution in [0.4, 0.5) is 0 Å². The van der Waals surface area contributed by atoms with Crippen LogP contribution in [0.25, 0.3) is 0 Å². The lowest BCUT2D eigenvalue weighted by atomic mass is 10.1. The third-order valence-electron chi connectivity index (χ3n) is 3.01. The van der Waals surface area contributed by atoms with Crippen molar-refractivity contribution in [2.75, 3.05) is 27.4 Å². The van der Waals surface area contributed by atoms with E-state index in [2.05, 4.69) is 24.4 Å². The summed E-state index contributed by atoms with van der Waals surface area (Å²) in [6, 6.07) is 8.70. The van der Waals surface area contributed by atoms with Crippen molar-refractivity contribution in [3.63, 3.8) is 0 Å². The Kier molecular flexibility index (Phi) is 7.46. The van der Waals surface area contributed by atoms with Crippen molar-refractivity contribution in [2.45, 2.75) is 32.2 Å². The largest absolute Gasteiger partial charge is 0.492 e. The second-order valence-electron chi connectivity index (χ2n) is 4.47. The van der Waals surface area contributed by atoms with Crippen molar-refractivity contribution in [1.29, 1.82) is 0 Å². The Morgan fingerprint density at radius 3 is 2.50 bits per heavy atom. The minimum absolute atomic E-state index is 0.433. The third kappa shape index (κ3) is 5.52. The molecule has 0 saturated heterocycles. The maximum atomic E-state index is 5.78. The molecule has 0 spiro atoms. The van der Waals surface area contributed by atoms with Gasteiger partial charge in [0.25, 0.3) is 0 Å². The van der Waals surface area contributed by atoms with Crippen molar-refractivity contribution < 1.29 is 9.47 Å². The molecule has 1 unspecified atom stereocenters. The first-order chi connectivity index (χ1) is 8.80. The molecule has 0 bridgehead atoms. The quantitative estimate of drug-likeness (QED) is 0.732. The molecule has 1 atom stereocenters. The normalized spacial score (nSPS) is 12.4. The number of methoxy groups -OCH3 is 1. The van der Waals surface area contributed by atoms with Crippen LogP contribution in [-0.4, -0.2) is 33.4 Å². The molecule has 0 aliphatic carbocycles. The zero-order valence-electron chi connectivity index (χ0n) is 11.7. The van der Waals surface area contributed by atoms with Gasteiger partial charge < -0.3 is 14.8 Å². The highest BCUT2D eigenvalue weighted by molar-refractivity contribution is 5.27. The second-order valence-corrected chi connectivity index (χ2v) is 4.47. The predicted octanol–water partition coefficient (Wildman–Crippen LogP) is 2.64. The number of ether oxygens (including phenoxy) is 2. The molecule has 0 aliphatic heterocycles. The summed E-state index contributed by atoms with van der Waals surface area (Å²) in [6.07, 6.45) is 3.26. The van der Waals surface area contributed by atoms with Gasteiger partial charge in [0.1, 0.15) is 12.4 Å². The highest BCUT2D eigenvalue weighted by atomic mass is 16.5. The van der Waals surface area contributed by atoms with E-state index in [0.29, 0.717) is 6.04 Å². The molecule has 1 aromatic rings. The lowest BCUT2D eigenvalue weighted by Crippen LogP contribution is -2.31. The minimum atomic E-state index is 0.433. The fourth-order valence-corrected chi connectivity index (χ4v) is 1.83. The summed E-state index contributed by atoms with van der Waals surface area (Å²) in [5, 5.41) is 3.27. The van der Waals surface area contributed by atoms with Gasteiger partial charge >= 0.3 is 0 Å². The highest BCUT2D eigenvalue weighted by Crippen LogP contribution is 2.13. The minimum Gasteiger partial charge on any atom is -0.492 e. The van der Waals surface area contributed by atoms with Gasteiger partial charge in [-0.3, -0.25) is 0 Å². The van der Waals surface area contributed by atoms with E-state index < -0.39 is 0 Å². The molecule has 0 heterocycles. The summed E-state index contributed by atoms with van der Waals surface area (Å²) >= 11 is 0. The first kappa shape index (κ1) is 15.0. The molecule has 3 nitrogen and oxygen atoms in total. The molecular weight excluding hydrogens is 226 g/mol. The Hall–Kier alpha value is -1.06. The van der Waals surface area contributed by atoms with Crippen LogP contribution in [0.2, 0.25) is 0 Å². The molecule has 0 aromatic heterocycles. The number of likely N-dealkylation sites (N-methyl/N-ethyl adjacent to an activating group) is 1. The monoisotopic (exact) mass is 251 g/mol. The van der Waals surface area contributed by atoms with Crippen LogP contribution in [0.1, 0.15) is 25.3 Å². The van der Waals surface area contributed by atoms with Gasteiger partial charge in [-0.15, -0.1) is 0 Å². The Labute approximate surface area is 110 Å². The molecule has 1 rings (SSSR count). The summed E-state index contributed by atoms with van der Waals surface area (Å²) in [5.41, 5.74) is 1.28. The predicted molar refractivity (Wildman–Crippen MR) is 75.3 cm³/mol. The van der Waals surface area contributed by atoms with E-state index in [0.717, 1.165) is 31.8 Å². The molecule has 1 aromatic carbocycles. The van der Waals surface area contributed by atoms with E-state index in [1.165, 1.54) is 12.0 Å². The first-order valence-electron chi connectivity index (χ1n) is 6.68. The molecule has 0 saturated carbocycles. The molecular formula is C15H25NO2. The molecule has 0 fully saturated rings. The summed E-state index contributed by atoms with van der Waals surface area (Å²) < 4.78 is 10.8. The molecule has 0 radical (unpaired) electrons. The molecule has 0 aliphatic rings. The number of nitrogens with one attached hydrogen (secondary N) is 1. The number of benzene rings is 1. The van der Waals surface area contributed by atoms with E-state index in [-0.39, 0.29) is 0 Å². The summed E-state index contributed by atoms with van der Waals surface area (Å²) in [7, 11) is 3.71. The number of rotatable bonds is 9. The van der Waals surface area contributed by atoms with E-state index in [1.54, 1.807) is 7.11 Å². The van der Waals surface area contributed by atoms with E-state index in [4.69, 9.17) is 9.47 Å². The average molecular weight is 251 g/mol. The van der Waals surface area contributed by atoms with Gasteiger partial charge in [-0.25, -0.2) is 0 Å². The Morgan fingerprint density at radius 1 is 1.22 bits per heavy atom. The number of hydrogen-bond donors (Lipinski definition) is 1. The van der Waals surface area contributed by atoms with E-state index in [9.17, 15) is 0 Å². The van der Waals surface area contributed by atoms with Gasteiger partial charge in [0.05, 0.1) is 6.61 Å². The van der Waals surface area contributed by atoms with Crippen molar-refractivity contribution >= 4 is 0 Å². The van der Waals surface area contributed by atoms with Crippen LogP contribution in [-0.2, 0) is 11.2 Å². The average Bonchev–Trinajstić information content (AvgIpc) is 2.42. The van der Waals surface area contributed by atoms with Crippen LogP contribution in [0, 0.1) is 0 Å². The van der Waals surface area contributed by atoms with E-state index in [1.807, 2.05) is 19.2 Å². The maximum absolute atomic E-state index is 5.78.